The number of rotatable bonds is 4. The summed E-state index contributed by atoms with van der Waals surface area (Å²) in [6.45, 7) is 1.64. The third-order valence-electron chi connectivity index (χ3n) is 2.75. The maximum atomic E-state index is 11.0. The molecule has 0 saturated heterocycles. The van der Waals surface area contributed by atoms with Crippen molar-refractivity contribution in [1.82, 2.24) is 0 Å². The molecule has 0 fully saturated rings. The van der Waals surface area contributed by atoms with Gasteiger partial charge in [0, 0.05) is 12.0 Å². The fraction of sp³-hybridized carbons (Fsp3) is 0.364. The van der Waals surface area contributed by atoms with Crippen molar-refractivity contribution in [2.45, 2.75) is 25.3 Å². The second-order valence-electron chi connectivity index (χ2n) is 3.90. The van der Waals surface area contributed by atoms with E-state index in [1.54, 1.807) is 6.92 Å². The summed E-state index contributed by atoms with van der Waals surface area (Å²) in [6.07, 6.45) is 0.112. The summed E-state index contributed by atoms with van der Waals surface area (Å²) >= 11 is 5.60. The van der Waals surface area contributed by atoms with Crippen molar-refractivity contribution < 1.29 is 20.1 Å². The van der Waals surface area contributed by atoms with Crippen LogP contribution in [0.5, 0.6) is 11.5 Å². The number of hydrogen-bond donors (Lipinski definition) is 4. The molecule has 5 nitrogen and oxygen atoms in total. The average Bonchev–Trinajstić information content (AvgIpc) is 2.29. The number of benzene rings is 1. The van der Waals surface area contributed by atoms with Gasteiger partial charge in [-0.25, -0.2) is 0 Å². The first-order valence-electron chi connectivity index (χ1n) is 5.03. The highest BCUT2D eigenvalue weighted by Crippen LogP contribution is 2.37. The summed E-state index contributed by atoms with van der Waals surface area (Å²) in [5.74, 6) is -2.05. The van der Waals surface area contributed by atoms with E-state index in [9.17, 15) is 15.0 Å². The Balaban J connectivity index is 3.11. The molecule has 0 spiro atoms. The Hall–Kier alpha value is -1.46. The average molecular weight is 260 g/mol. The van der Waals surface area contributed by atoms with Crippen LogP contribution in [0.3, 0.4) is 0 Å². The molecule has 0 aliphatic carbocycles. The number of aromatic hydroxyl groups is 2. The molecule has 6 heteroatoms. The van der Waals surface area contributed by atoms with E-state index in [4.69, 9.17) is 22.4 Å². The number of carboxylic acids is 1. The molecule has 1 atom stereocenters. The quantitative estimate of drug-likeness (QED) is 0.613. The number of carbonyl (C=O) groups is 1. The molecule has 17 heavy (non-hydrogen) atoms. The van der Waals surface area contributed by atoms with Crippen molar-refractivity contribution in [3.63, 3.8) is 0 Å². The standard InChI is InChI=1S/C11H14ClNO4/c1-2-11(13,10(16)17)5-6-3-4-7(12)9(15)8(6)14/h3-4,14-15H,2,5,13H2,1H3,(H,16,17)/t11-/m1/s1. The first kappa shape index (κ1) is 13.6. The minimum absolute atomic E-state index is 0.000643. The van der Waals surface area contributed by atoms with Gasteiger partial charge in [0.1, 0.15) is 5.54 Å². The lowest BCUT2D eigenvalue weighted by atomic mass is 9.89. The summed E-state index contributed by atoms with van der Waals surface area (Å²) in [5, 5.41) is 28.1. The lowest BCUT2D eigenvalue weighted by Gasteiger charge is -2.23. The van der Waals surface area contributed by atoms with Gasteiger partial charge >= 0.3 is 5.97 Å². The van der Waals surface area contributed by atoms with E-state index in [1.165, 1.54) is 12.1 Å². The van der Waals surface area contributed by atoms with Crippen LogP contribution in [-0.2, 0) is 11.2 Å². The van der Waals surface area contributed by atoms with Gasteiger partial charge in [0.2, 0.25) is 0 Å². The summed E-state index contributed by atoms with van der Waals surface area (Å²) in [6, 6.07) is 2.82. The predicted octanol–water partition coefficient (Wildman–Crippen LogP) is 1.49. The Morgan fingerprint density at radius 1 is 1.41 bits per heavy atom. The monoisotopic (exact) mass is 259 g/mol. The fourth-order valence-corrected chi connectivity index (χ4v) is 1.58. The zero-order valence-corrected chi connectivity index (χ0v) is 10.0. The molecule has 0 aliphatic rings. The molecule has 0 radical (unpaired) electrons. The van der Waals surface area contributed by atoms with Gasteiger partial charge in [0.05, 0.1) is 5.02 Å². The molecule has 0 bridgehead atoms. The molecule has 0 amide bonds. The summed E-state index contributed by atoms with van der Waals surface area (Å²) in [5.41, 5.74) is 4.48. The van der Waals surface area contributed by atoms with Crippen molar-refractivity contribution >= 4 is 17.6 Å². The molecule has 0 saturated carbocycles. The van der Waals surface area contributed by atoms with Crippen LogP contribution in [0.1, 0.15) is 18.9 Å². The Morgan fingerprint density at radius 2 is 2.00 bits per heavy atom. The molecular weight excluding hydrogens is 246 g/mol. The van der Waals surface area contributed by atoms with Crippen LogP contribution in [0, 0.1) is 0 Å². The molecule has 1 aromatic rings. The molecule has 0 aromatic heterocycles. The van der Waals surface area contributed by atoms with Gasteiger partial charge in [-0.15, -0.1) is 0 Å². The highest BCUT2D eigenvalue weighted by molar-refractivity contribution is 6.32. The van der Waals surface area contributed by atoms with Gasteiger partial charge in [-0.1, -0.05) is 24.6 Å². The number of carboxylic acid groups (broad SMARTS) is 1. The van der Waals surface area contributed by atoms with E-state index in [1.807, 2.05) is 0 Å². The molecule has 5 N–H and O–H groups in total. The number of phenolic OH excluding ortho intramolecular Hbond substituents is 2. The minimum atomic E-state index is -1.47. The summed E-state index contributed by atoms with van der Waals surface area (Å²) in [4.78, 5) is 11.0. The molecule has 0 unspecified atom stereocenters. The first-order valence-corrected chi connectivity index (χ1v) is 5.41. The zero-order valence-electron chi connectivity index (χ0n) is 9.27. The third kappa shape index (κ3) is 2.62. The fourth-order valence-electron chi connectivity index (χ4n) is 1.43. The van der Waals surface area contributed by atoms with E-state index in [-0.39, 0.29) is 23.4 Å². The van der Waals surface area contributed by atoms with E-state index in [0.717, 1.165) is 0 Å². The van der Waals surface area contributed by atoms with Crippen molar-refractivity contribution in [3.05, 3.63) is 22.7 Å². The van der Waals surface area contributed by atoms with Crippen LogP contribution in [0.4, 0.5) is 0 Å². The number of phenols is 2. The third-order valence-corrected chi connectivity index (χ3v) is 3.05. The first-order chi connectivity index (χ1) is 7.81. The summed E-state index contributed by atoms with van der Waals surface area (Å²) < 4.78 is 0. The van der Waals surface area contributed by atoms with Crippen LogP contribution in [0.25, 0.3) is 0 Å². The van der Waals surface area contributed by atoms with Crippen LogP contribution in [-0.4, -0.2) is 26.8 Å². The topological polar surface area (TPSA) is 104 Å². The number of nitrogens with two attached hydrogens (primary N) is 1. The van der Waals surface area contributed by atoms with Crippen molar-refractivity contribution in [3.8, 4) is 11.5 Å². The molecule has 1 aromatic carbocycles. The molecule has 1 rings (SSSR count). The van der Waals surface area contributed by atoms with Gasteiger partial charge in [-0.3, -0.25) is 4.79 Å². The van der Waals surface area contributed by atoms with Gasteiger partial charge in [-0.2, -0.15) is 0 Å². The Labute approximate surface area is 103 Å². The lowest BCUT2D eigenvalue weighted by molar-refractivity contribution is -0.143. The Morgan fingerprint density at radius 3 is 2.47 bits per heavy atom. The summed E-state index contributed by atoms with van der Waals surface area (Å²) in [7, 11) is 0. The highest BCUT2D eigenvalue weighted by Gasteiger charge is 2.33. The number of hydrogen-bond acceptors (Lipinski definition) is 4. The highest BCUT2D eigenvalue weighted by atomic mass is 35.5. The maximum absolute atomic E-state index is 11.0. The normalized spacial score (nSPS) is 14.3. The van der Waals surface area contributed by atoms with Crippen molar-refractivity contribution in [2.75, 3.05) is 0 Å². The lowest BCUT2D eigenvalue weighted by Crippen LogP contribution is -2.49. The predicted molar refractivity (Wildman–Crippen MR) is 63.3 cm³/mol. The SMILES string of the molecule is CC[C@@](N)(Cc1ccc(Cl)c(O)c1O)C(=O)O. The van der Waals surface area contributed by atoms with Crippen LogP contribution in [0.2, 0.25) is 5.02 Å². The smallest absolute Gasteiger partial charge is 0.324 e. The van der Waals surface area contributed by atoms with E-state index in [0.29, 0.717) is 0 Å². The van der Waals surface area contributed by atoms with Crippen LogP contribution < -0.4 is 5.73 Å². The van der Waals surface area contributed by atoms with Gasteiger partial charge in [0.25, 0.3) is 0 Å². The maximum Gasteiger partial charge on any atom is 0.324 e. The van der Waals surface area contributed by atoms with E-state index in [2.05, 4.69) is 0 Å². The zero-order chi connectivity index (χ0) is 13.2. The van der Waals surface area contributed by atoms with Gasteiger partial charge < -0.3 is 21.1 Å². The number of halogens is 1. The minimum Gasteiger partial charge on any atom is -0.504 e. The molecule has 94 valence electrons. The van der Waals surface area contributed by atoms with Crippen molar-refractivity contribution in [2.24, 2.45) is 5.73 Å². The van der Waals surface area contributed by atoms with Crippen molar-refractivity contribution in [1.29, 1.82) is 0 Å². The second-order valence-corrected chi connectivity index (χ2v) is 4.30. The van der Waals surface area contributed by atoms with Gasteiger partial charge in [0.15, 0.2) is 11.5 Å². The second kappa shape index (κ2) is 4.81. The van der Waals surface area contributed by atoms with E-state index < -0.39 is 23.0 Å². The molecular formula is C11H14ClNO4. The van der Waals surface area contributed by atoms with E-state index >= 15 is 0 Å². The molecule has 0 heterocycles. The van der Waals surface area contributed by atoms with Crippen LogP contribution >= 0.6 is 11.6 Å². The van der Waals surface area contributed by atoms with Crippen LogP contribution in [0.15, 0.2) is 12.1 Å². The number of aliphatic carboxylic acids is 1. The molecule has 0 aliphatic heterocycles. The Bertz CT molecular complexity index is 449. The largest absolute Gasteiger partial charge is 0.504 e. The Kier molecular flexibility index (Phi) is 3.85. The van der Waals surface area contributed by atoms with Gasteiger partial charge in [-0.05, 0) is 12.5 Å².